The van der Waals surface area contributed by atoms with Gasteiger partial charge in [-0.15, -0.1) is 25.4 Å². The van der Waals surface area contributed by atoms with Gasteiger partial charge in [-0.3, -0.25) is 13.7 Å². The van der Waals surface area contributed by atoms with Crippen LogP contribution in [0.15, 0.2) is 118 Å². The number of carboxylic acids is 1. The molecule has 0 aliphatic carbocycles. The molecule has 0 unspecified atom stereocenters. The number of rotatable bonds is 14. The van der Waals surface area contributed by atoms with E-state index in [0.717, 1.165) is 30.3 Å². The zero-order valence-electron chi connectivity index (χ0n) is 26.4. The summed E-state index contributed by atoms with van der Waals surface area (Å²) in [6.07, 6.45) is 0. The van der Waals surface area contributed by atoms with Gasteiger partial charge in [0.05, 0.1) is 22.6 Å². The van der Waals surface area contributed by atoms with Crippen LogP contribution in [0.3, 0.4) is 0 Å². The van der Waals surface area contributed by atoms with Crippen molar-refractivity contribution in [3.05, 3.63) is 89.3 Å². The van der Waals surface area contributed by atoms with Crippen LogP contribution in [0.4, 0.5) is 28.4 Å². The number of benzene rings is 4. The second kappa shape index (κ2) is 18.0. The maximum absolute atomic E-state index is 12.2. The van der Waals surface area contributed by atoms with Crippen LogP contribution in [0.5, 0.6) is 5.75 Å². The minimum absolute atomic E-state index is 0. The van der Waals surface area contributed by atoms with Crippen molar-refractivity contribution in [3.8, 4) is 5.75 Å². The first kappa shape index (κ1) is 43.5. The van der Waals surface area contributed by atoms with Gasteiger partial charge in [-0.05, 0) is 66.7 Å². The fraction of sp³-hybridized carbons (Fsp3) is 0.0370. The monoisotopic (exact) mass is 875 g/mol. The van der Waals surface area contributed by atoms with Crippen LogP contribution in [0.2, 0.25) is 0 Å². The SMILES string of the molecule is CNc1ccc(N=Nc2cc(/C(N=Nc3cc(S(=O)(=O)O)cc(S(=O)(=O)O)c3O)=N/[N-]c3cc(SOOO)ccc3C(=O)O)ccc2S(=O)(=O)O)cc1.[Cu+]. The smallest absolute Gasteiger partial charge is 0.573 e. The summed E-state index contributed by atoms with van der Waals surface area (Å²) in [6, 6.07) is 13.2. The molecule has 0 radical (unpaired) electrons. The van der Waals surface area contributed by atoms with Gasteiger partial charge in [0.25, 0.3) is 30.4 Å². The van der Waals surface area contributed by atoms with Crippen LogP contribution in [0, 0.1) is 0 Å². The maximum Gasteiger partial charge on any atom is 1.00 e. The van der Waals surface area contributed by atoms with E-state index in [4.69, 9.17) is 5.26 Å². The number of aromatic hydroxyl groups is 1. The van der Waals surface area contributed by atoms with Crippen molar-refractivity contribution in [1.29, 1.82) is 0 Å². The van der Waals surface area contributed by atoms with Crippen molar-refractivity contribution in [1.82, 2.24) is 0 Å². The number of hydrogen-bond donors (Lipinski definition) is 7. The first-order valence-electron chi connectivity index (χ1n) is 13.7. The minimum Gasteiger partial charge on any atom is -0.573 e. The molecule has 7 N–H and O–H groups in total. The Morgan fingerprint density at radius 1 is 0.796 bits per heavy atom. The van der Waals surface area contributed by atoms with Crippen LogP contribution < -0.4 is 5.32 Å². The summed E-state index contributed by atoms with van der Waals surface area (Å²) in [5.74, 6) is -3.54. The van der Waals surface area contributed by atoms with Gasteiger partial charge in [0.15, 0.2) is 11.6 Å². The van der Waals surface area contributed by atoms with Gasteiger partial charge in [0, 0.05) is 28.8 Å². The molecular formula is C27H22CuN7O15S4. The van der Waals surface area contributed by atoms with Crippen molar-refractivity contribution < 1.29 is 85.6 Å². The van der Waals surface area contributed by atoms with Crippen molar-refractivity contribution in [2.45, 2.75) is 19.6 Å². The Balaban J connectivity index is 0.00000784. The van der Waals surface area contributed by atoms with E-state index in [0.29, 0.717) is 23.8 Å². The van der Waals surface area contributed by atoms with Gasteiger partial charge in [-0.25, -0.2) is 10.1 Å². The zero-order valence-corrected chi connectivity index (χ0v) is 30.6. The molecule has 0 fully saturated rings. The first-order valence-corrected chi connectivity index (χ1v) is 18.7. The fourth-order valence-corrected chi connectivity index (χ4v) is 6.19. The number of azo groups is 2. The number of carboxylic acid groups (broad SMARTS) is 1. The summed E-state index contributed by atoms with van der Waals surface area (Å²) in [4.78, 5) is 8.71. The normalized spacial score (nSPS) is 12.5. The van der Waals surface area contributed by atoms with E-state index in [1.165, 1.54) is 18.2 Å². The van der Waals surface area contributed by atoms with E-state index in [2.05, 4.69) is 45.7 Å². The Kier molecular flexibility index (Phi) is 14.5. The second-order valence-corrected chi connectivity index (χ2v) is 14.8. The second-order valence-electron chi connectivity index (χ2n) is 9.83. The molecular weight excluding hydrogens is 854 g/mol. The third kappa shape index (κ3) is 11.3. The molecule has 0 aliphatic heterocycles. The summed E-state index contributed by atoms with van der Waals surface area (Å²) < 4.78 is 105. The van der Waals surface area contributed by atoms with Crippen LogP contribution >= 0.6 is 12.0 Å². The molecule has 54 heavy (non-hydrogen) atoms. The molecule has 0 aliphatic rings. The van der Waals surface area contributed by atoms with E-state index in [-0.39, 0.29) is 45.0 Å². The molecule has 0 atom stereocenters. The fourth-order valence-electron chi connectivity index (χ4n) is 3.97. The van der Waals surface area contributed by atoms with E-state index >= 15 is 0 Å². The summed E-state index contributed by atoms with van der Waals surface area (Å²) in [6.45, 7) is 0. The van der Waals surface area contributed by atoms with E-state index in [9.17, 15) is 53.9 Å². The number of nitrogens with one attached hydrogen (secondary N) is 1. The van der Waals surface area contributed by atoms with Gasteiger partial charge in [0.2, 0.25) is 0 Å². The summed E-state index contributed by atoms with van der Waals surface area (Å²) in [7, 11) is -13.8. The summed E-state index contributed by atoms with van der Waals surface area (Å²) in [5, 5.41) is 54.1. The molecule has 0 bridgehead atoms. The van der Waals surface area contributed by atoms with E-state index < -0.39 is 79.5 Å². The molecule has 0 heterocycles. The van der Waals surface area contributed by atoms with Gasteiger partial charge >= 0.3 is 23.0 Å². The molecule has 4 aromatic rings. The number of phenolic OH excluding ortho intramolecular Hbond substituents is 1. The van der Waals surface area contributed by atoms with Crippen LogP contribution in [0.25, 0.3) is 5.43 Å². The molecule has 4 aromatic carbocycles. The Morgan fingerprint density at radius 3 is 2.04 bits per heavy atom. The van der Waals surface area contributed by atoms with E-state index in [1.807, 2.05) is 0 Å². The minimum atomic E-state index is -5.33. The van der Waals surface area contributed by atoms with Crippen LogP contribution in [-0.4, -0.2) is 73.2 Å². The predicted octanol–water partition coefficient (Wildman–Crippen LogP) is 5.86. The molecule has 4 rings (SSSR count). The Bertz CT molecular complexity index is 2480. The Labute approximate surface area is 319 Å². The quantitative estimate of drug-likeness (QED) is 0.0114. The maximum atomic E-state index is 12.2. The predicted molar refractivity (Wildman–Crippen MR) is 182 cm³/mol. The Morgan fingerprint density at radius 2 is 1.46 bits per heavy atom. The van der Waals surface area contributed by atoms with Crippen molar-refractivity contribution >= 4 is 82.6 Å². The molecule has 290 valence electrons. The summed E-state index contributed by atoms with van der Waals surface area (Å²) in [5.41, 5.74) is 2.20. The van der Waals surface area contributed by atoms with Crippen molar-refractivity contribution in [3.63, 3.8) is 0 Å². The standard InChI is InChI=1S/C27H23N7O15S4.Cu/c1-28-15-3-5-16(6-4-15)29-31-21-10-14(2-9-23(21)52(42,43)44)26(33-30-20-11-17(50-49-48-38)7-8-19(20)27(36)37)34-32-22-12-18(51(39,40)41)13-24(25(22)35)53(45,46)47;/h2-13H,1H3,(H8,28,29,30,31,32,33,34,35,36,37,38,39,40,41,42,43,44,45,46,47);/q;+1/p-1. The largest absolute Gasteiger partial charge is 1.00 e. The number of amidine groups is 1. The number of hydrogen-bond acceptors (Lipinski definition) is 17. The Hall–Kier alpha value is -4.90. The first-order chi connectivity index (χ1) is 24.8. The number of anilines is 1. The number of aromatic carboxylic acids is 1. The molecule has 0 aromatic heterocycles. The summed E-state index contributed by atoms with van der Waals surface area (Å²) >= 11 is 0.423. The van der Waals surface area contributed by atoms with Crippen molar-refractivity contribution in [2.24, 2.45) is 25.6 Å². The zero-order chi connectivity index (χ0) is 39.1. The number of nitrogens with zero attached hydrogens (tertiary/aromatic N) is 6. The third-order valence-corrected chi connectivity index (χ3v) is 9.57. The molecule has 0 amide bonds. The molecule has 0 saturated carbocycles. The van der Waals surface area contributed by atoms with Gasteiger partial charge in [0.1, 0.15) is 21.2 Å². The average Bonchev–Trinajstić information content (AvgIpc) is 3.09. The number of carbonyl (C=O) groups is 1. The molecule has 27 heteroatoms. The van der Waals surface area contributed by atoms with Crippen molar-refractivity contribution in [2.75, 3.05) is 12.4 Å². The van der Waals surface area contributed by atoms with Crippen LogP contribution in [0.1, 0.15) is 15.9 Å². The molecule has 22 nitrogen and oxygen atoms in total. The van der Waals surface area contributed by atoms with E-state index in [1.54, 1.807) is 19.2 Å². The van der Waals surface area contributed by atoms with Gasteiger partial charge in [-0.1, -0.05) is 11.1 Å². The third-order valence-electron chi connectivity index (χ3n) is 6.39. The molecule has 0 spiro atoms. The van der Waals surface area contributed by atoms with Crippen LogP contribution in [-0.2, 0) is 56.8 Å². The van der Waals surface area contributed by atoms with Gasteiger partial charge in [-0.2, -0.15) is 30.4 Å². The number of phenols is 1. The molecule has 0 saturated heterocycles. The van der Waals surface area contributed by atoms with Gasteiger partial charge < -0.3 is 26.1 Å². The average molecular weight is 876 g/mol. The topological polar surface area (TPSA) is 347 Å².